The maximum atomic E-state index is 11.4. The quantitative estimate of drug-likeness (QED) is 0.843. The van der Waals surface area contributed by atoms with Crippen molar-refractivity contribution in [2.24, 2.45) is 5.73 Å². The Hall–Kier alpha value is -1.000. The van der Waals surface area contributed by atoms with E-state index in [9.17, 15) is 4.79 Å². The van der Waals surface area contributed by atoms with Crippen LogP contribution in [-0.4, -0.2) is 18.2 Å². The number of anilines is 1. The Kier molecular flexibility index (Phi) is 2.64. The predicted molar refractivity (Wildman–Crippen MR) is 70.4 cm³/mol. The van der Waals surface area contributed by atoms with Gasteiger partial charge in [-0.15, -0.1) is 11.8 Å². The Bertz CT molecular complexity index is 463. The first-order valence-electron chi connectivity index (χ1n) is 6.01. The van der Waals surface area contributed by atoms with E-state index in [1.54, 1.807) is 11.8 Å². The molecule has 2 aliphatic rings. The van der Waals surface area contributed by atoms with Gasteiger partial charge in [-0.25, -0.2) is 0 Å². The minimum atomic E-state index is 0.0926. The van der Waals surface area contributed by atoms with Crippen LogP contribution in [0, 0.1) is 0 Å². The van der Waals surface area contributed by atoms with E-state index < -0.39 is 0 Å². The highest BCUT2D eigenvalue weighted by molar-refractivity contribution is 8.00. The summed E-state index contributed by atoms with van der Waals surface area (Å²) in [6, 6.07) is 6.41. The molecular formula is C13H16N2OS. The monoisotopic (exact) mass is 248 g/mol. The van der Waals surface area contributed by atoms with Crippen molar-refractivity contribution in [3.05, 3.63) is 23.8 Å². The van der Waals surface area contributed by atoms with Crippen LogP contribution in [0.5, 0.6) is 0 Å². The molecule has 1 aliphatic carbocycles. The predicted octanol–water partition coefficient (Wildman–Crippen LogP) is 2.11. The van der Waals surface area contributed by atoms with Gasteiger partial charge in [-0.1, -0.05) is 12.5 Å². The average molecular weight is 248 g/mol. The maximum Gasteiger partial charge on any atom is 0.234 e. The number of nitrogens with one attached hydrogen (secondary N) is 1. The molecule has 1 aliphatic heterocycles. The summed E-state index contributed by atoms with van der Waals surface area (Å²) >= 11 is 1.61. The van der Waals surface area contributed by atoms with Gasteiger partial charge >= 0.3 is 0 Å². The van der Waals surface area contributed by atoms with Gasteiger partial charge in [-0.3, -0.25) is 4.79 Å². The normalized spacial score (nSPS) is 21.4. The lowest BCUT2D eigenvalue weighted by Crippen LogP contribution is -2.41. The number of hydrogen-bond donors (Lipinski definition) is 2. The molecule has 0 unspecified atom stereocenters. The molecule has 1 aromatic carbocycles. The van der Waals surface area contributed by atoms with Gasteiger partial charge < -0.3 is 11.1 Å². The van der Waals surface area contributed by atoms with Crippen molar-refractivity contribution in [1.82, 2.24) is 0 Å². The Balaban J connectivity index is 1.97. The third kappa shape index (κ3) is 1.76. The topological polar surface area (TPSA) is 55.1 Å². The lowest BCUT2D eigenvalue weighted by Gasteiger charge is -2.42. The van der Waals surface area contributed by atoms with E-state index in [4.69, 9.17) is 5.73 Å². The molecule has 4 heteroatoms. The van der Waals surface area contributed by atoms with Gasteiger partial charge in [0.2, 0.25) is 5.91 Å². The fraction of sp³-hybridized carbons (Fsp3) is 0.462. The summed E-state index contributed by atoms with van der Waals surface area (Å²) in [6.45, 7) is 0.701. The summed E-state index contributed by atoms with van der Waals surface area (Å²) in [5, 5.41) is 2.94. The molecule has 17 heavy (non-hydrogen) atoms. The number of fused-ring (bicyclic) bond motifs is 1. The molecule has 1 saturated carbocycles. The zero-order valence-electron chi connectivity index (χ0n) is 9.66. The standard InChI is InChI=1S/C13H16N2OS/c14-8-13(4-1-5-13)9-2-3-11-10(6-9)15-12(16)7-17-11/h2-3,6H,1,4-5,7-8,14H2,(H,15,16). The fourth-order valence-electron chi connectivity index (χ4n) is 2.63. The van der Waals surface area contributed by atoms with Crippen LogP contribution >= 0.6 is 11.8 Å². The van der Waals surface area contributed by atoms with Crippen molar-refractivity contribution in [2.45, 2.75) is 29.6 Å². The first-order chi connectivity index (χ1) is 8.23. The summed E-state index contributed by atoms with van der Waals surface area (Å²) in [6.07, 6.45) is 3.60. The number of nitrogens with two attached hydrogens (primary N) is 1. The van der Waals surface area contributed by atoms with Crippen LogP contribution in [0.2, 0.25) is 0 Å². The van der Waals surface area contributed by atoms with Gasteiger partial charge in [-0.05, 0) is 30.5 Å². The molecular weight excluding hydrogens is 232 g/mol. The number of thioether (sulfide) groups is 1. The highest BCUT2D eigenvalue weighted by atomic mass is 32.2. The summed E-state index contributed by atoms with van der Waals surface area (Å²) in [5.74, 6) is 0.615. The molecule has 3 nitrogen and oxygen atoms in total. The van der Waals surface area contributed by atoms with Gasteiger partial charge in [0.1, 0.15) is 0 Å². The molecule has 1 amide bonds. The highest BCUT2D eigenvalue weighted by Crippen LogP contribution is 2.45. The van der Waals surface area contributed by atoms with Crippen molar-refractivity contribution in [3.8, 4) is 0 Å². The first kappa shape index (κ1) is 11.1. The number of rotatable bonds is 2. The summed E-state index contributed by atoms with van der Waals surface area (Å²) in [4.78, 5) is 12.5. The second kappa shape index (κ2) is 4.03. The fourth-order valence-corrected chi connectivity index (χ4v) is 3.42. The molecule has 1 aromatic rings. The average Bonchev–Trinajstić information content (AvgIpc) is 2.28. The van der Waals surface area contributed by atoms with E-state index >= 15 is 0 Å². The van der Waals surface area contributed by atoms with Crippen LogP contribution in [0.1, 0.15) is 24.8 Å². The molecule has 0 spiro atoms. The second-order valence-corrected chi connectivity index (χ2v) is 5.90. The highest BCUT2D eigenvalue weighted by Gasteiger charge is 2.37. The maximum absolute atomic E-state index is 11.4. The SMILES string of the molecule is NCC1(c2ccc3c(c2)NC(=O)CS3)CCC1. The van der Waals surface area contributed by atoms with Gasteiger partial charge in [-0.2, -0.15) is 0 Å². The molecule has 3 rings (SSSR count). The van der Waals surface area contributed by atoms with Crippen LogP contribution in [0.4, 0.5) is 5.69 Å². The van der Waals surface area contributed by atoms with E-state index in [0.717, 1.165) is 5.69 Å². The largest absolute Gasteiger partial charge is 0.330 e. The van der Waals surface area contributed by atoms with E-state index in [1.165, 1.54) is 29.7 Å². The van der Waals surface area contributed by atoms with Crippen LogP contribution in [0.15, 0.2) is 23.1 Å². The van der Waals surface area contributed by atoms with Crippen LogP contribution in [0.3, 0.4) is 0 Å². The van der Waals surface area contributed by atoms with Gasteiger partial charge in [0, 0.05) is 16.9 Å². The molecule has 1 fully saturated rings. The van der Waals surface area contributed by atoms with Gasteiger partial charge in [0.05, 0.1) is 11.4 Å². The van der Waals surface area contributed by atoms with Crippen LogP contribution < -0.4 is 11.1 Å². The Morgan fingerprint density at radius 2 is 2.24 bits per heavy atom. The van der Waals surface area contributed by atoms with Crippen LogP contribution in [0.25, 0.3) is 0 Å². The number of hydrogen-bond acceptors (Lipinski definition) is 3. The van der Waals surface area contributed by atoms with E-state index in [-0.39, 0.29) is 11.3 Å². The zero-order valence-corrected chi connectivity index (χ0v) is 10.5. The lowest BCUT2D eigenvalue weighted by atomic mass is 9.64. The second-order valence-electron chi connectivity index (χ2n) is 4.89. The number of carbonyl (C=O) groups excluding carboxylic acids is 1. The molecule has 0 saturated heterocycles. The molecule has 90 valence electrons. The summed E-state index contributed by atoms with van der Waals surface area (Å²) < 4.78 is 0. The molecule has 1 heterocycles. The number of benzene rings is 1. The molecule has 0 atom stereocenters. The Morgan fingerprint density at radius 3 is 2.88 bits per heavy atom. The van der Waals surface area contributed by atoms with Crippen molar-refractivity contribution in [2.75, 3.05) is 17.6 Å². The molecule has 3 N–H and O–H groups in total. The van der Waals surface area contributed by atoms with E-state index in [2.05, 4.69) is 23.5 Å². The van der Waals surface area contributed by atoms with E-state index in [1.807, 2.05) is 0 Å². The zero-order chi connectivity index (χ0) is 11.9. The van der Waals surface area contributed by atoms with Crippen molar-refractivity contribution < 1.29 is 4.79 Å². The number of carbonyl (C=O) groups is 1. The van der Waals surface area contributed by atoms with Gasteiger partial charge in [0.25, 0.3) is 0 Å². The van der Waals surface area contributed by atoms with Gasteiger partial charge in [0.15, 0.2) is 0 Å². The molecule has 0 bridgehead atoms. The first-order valence-corrected chi connectivity index (χ1v) is 6.99. The molecule has 0 radical (unpaired) electrons. The third-order valence-electron chi connectivity index (χ3n) is 3.93. The van der Waals surface area contributed by atoms with Crippen molar-refractivity contribution in [3.63, 3.8) is 0 Å². The van der Waals surface area contributed by atoms with Crippen molar-refractivity contribution >= 4 is 23.4 Å². The smallest absolute Gasteiger partial charge is 0.234 e. The van der Waals surface area contributed by atoms with Crippen molar-refractivity contribution in [1.29, 1.82) is 0 Å². The Labute approximate surface area is 105 Å². The number of amides is 1. The molecule has 0 aromatic heterocycles. The van der Waals surface area contributed by atoms with E-state index in [0.29, 0.717) is 12.3 Å². The Morgan fingerprint density at radius 1 is 1.41 bits per heavy atom. The minimum absolute atomic E-state index is 0.0926. The van der Waals surface area contributed by atoms with Crippen LogP contribution in [-0.2, 0) is 10.2 Å². The third-order valence-corrected chi connectivity index (χ3v) is 5.00. The summed E-state index contributed by atoms with van der Waals surface area (Å²) in [5.41, 5.74) is 8.33. The lowest BCUT2D eigenvalue weighted by molar-refractivity contribution is -0.113. The summed E-state index contributed by atoms with van der Waals surface area (Å²) in [7, 11) is 0. The minimum Gasteiger partial charge on any atom is -0.330 e.